The summed E-state index contributed by atoms with van der Waals surface area (Å²) in [6, 6.07) is 13.3. The van der Waals surface area contributed by atoms with Crippen molar-refractivity contribution in [1.82, 2.24) is 34.5 Å². The summed E-state index contributed by atoms with van der Waals surface area (Å²) in [5.41, 5.74) is 6.62. The molecule has 14 nitrogen and oxygen atoms in total. The number of hydrogen-bond acceptors (Lipinski definition) is 10. The number of aryl methyl sites for hydroxylation is 3. The minimum absolute atomic E-state index is 0.0568. The number of benzene rings is 2. The molecule has 0 spiro atoms. The van der Waals surface area contributed by atoms with Gasteiger partial charge in [0.25, 0.3) is 5.91 Å². The highest BCUT2D eigenvalue weighted by atomic mass is 19.1. The molecule has 5 aliphatic rings. The van der Waals surface area contributed by atoms with Gasteiger partial charge < -0.3 is 19.1 Å². The molecule has 10 rings (SSSR count). The van der Waals surface area contributed by atoms with E-state index in [9.17, 15) is 14.4 Å². The lowest BCUT2D eigenvalue weighted by molar-refractivity contribution is -0.134. The smallest absolute Gasteiger partial charge is 0.258 e. The number of imide groups is 1. The van der Waals surface area contributed by atoms with Gasteiger partial charge in [-0.15, -0.1) is 0 Å². The summed E-state index contributed by atoms with van der Waals surface area (Å²) in [5, 5.41) is 10.0. The predicted octanol–water partition coefficient (Wildman–Crippen LogP) is 6.49. The topological polar surface area (TPSA) is 143 Å². The molecule has 7 heterocycles. The van der Waals surface area contributed by atoms with Crippen molar-refractivity contribution in [2.24, 2.45) is 18.9 Å². The summed E-state index contributed by atoms with van der Waals surface area (Å²) in [5.74, 6) is -1.85. The van der Waals surface area contributed by atoms with Gasteiger partial charge in [0.15, 0.2) is 0 Å². The van der Waals surface area contributed by atoms with Gasteiger partial charge in [0.2, 0.25) is 23.6 Å². The first-order chi connectivity index (χ1) is 30.4. The fraction of sp³-hybridized carbons (Fsp3) is 0.489. The lowest BCUT2D eigenvalue weighted by Crippen LogP contribution is -2.57. The van der Waals surface area contributed by atoms with Crippen LogP contribution in [0.15, 0.2) is 42.5 Å². The number of amides is 3. The van der Waals surface area contributed by atoms with Crippen LogP contribution in [-0.4, -0.2) is 98.4 Å². The summed E-state index contributed by atoms with van der Waals surface area (Å²) in [6.45, 7) is 11.4. The Bertz CT molecular complexity index is 2610. The standard InChI is InChI=1S/C47H54F2N10O4/c1-26-17-31-19-39(50-26)42-28(3)54-55(4)46(42)63-25-30-6-5-29(18-30)24-59-40-22-33(7-9-38(40)51-47(59)53-44(31)61)58-16-15-57(23-27(58)2)32-11-13-56(14-12-32)34-20-36(48)43(37(49)21-34)35-8-10-41(60)52-45(35)62/h7,9,17,19-22,27,29-30,32,35H,5-6,8,10-16,18,23-25H2,1-4H3,(H,51,53,61)(H,52,60,62)/t27-,29+,30-,35+/m0/s1. The van der Waals surface area contributed by atoms with Crippen LogP contribution < -0.4 is 25.2 Å². The number of nitrogens with one attached hydrogen (secondary N) is 2. The Morgan fingerprint density at radius 2 is 1.60 bits per heavy atom. The summed E-state index contributed by atoms with van der Waals surface area (Å²) in [7, 11) is 1.89. The van der Waals surface area contributed by atoms with E-state index in [2.05, 4.69) is 55.2 Å². The molecule has 1 saturated carbocycles. The van der Waals surface area contributed by atoms with Gasteiger partial charge in [0.05, 0.1) is 40.5 Å². The van der Waals surface area contributed by atoms with E-state index in [1.54, 1.807) is 10.7 Å². The first-order valence-electron chi connectivity index (χ1n) is 22.4. The van der Waals surface area contributed by atoms with E-state index in [4.69, 9.17) is 14.7 Å². The third kappa shape index (κ3) is 7.80. The van der Waals surface area contributed by atoms with Crippen LogP contribution in [-0.2, 0) is 23.2 Å². The number of hydrogen-bond donors (Lipinski definition) is 2. The number of aromatic nitrogens is 5. The molecule has 3 amide bonds. The van der Waals surface area contributed by atoms with Crippen molar-refractivity contribution in [3.8, 4) is 17.1 Å². The van der Waals surface area contributed by atoms with E-state index in [-0.39, 0.29) is 30.4 Å². The van der Waals surface area contributed by atoms with E-state index < -0.39 is 29.4 Å². The highest BCUT2D eigenvalue weighted by Gasteiger charge is 2.36. The van der Waals surface area contributed by atoms with Crippen LogP contribution in [0.25, 0.3) is 22.3 Å². The van der Waals surface area contributed by atoms with Gasteiger partial charge in [-0.3, -0.25) is 34.9 Å². The quantitative estimate of drug-likeness (QED) is 0.193. The second kappa shape index (κ2) is 16.3. The number of ether oxygens (including phenoxy) is 1. The zero-order chi connectivity index (χ0) is 43.7. The molecule has 4 bridgehead atoms. The molecule has 3 saturated heterocycles. The molecule has 4 fully saturated rings. The molecule has 330 valence electrons. The zero-order valence-corrected chi connectivity index (χ0v) is 36.3. The summed E-state index contributed by atoms with van der Waals surface area (Å²) in [4.78, 5) is 54.9. The second-order valence-electron chi connectivity index (χ2n) is 18.4. The minimum Gasteiger partial charge on any atom is -0.477 e. The zero-order valence-electron chi connectivity index (χ0n) is 36.3. The van der Waals surface area contributed by atoms with E-state index >= 15 is 8.78 Å². The van der Waals surface area contributed by atoms with Gasteiger partial charge in [0, 0.05) is 93.0 Å². The lowest BCUT2D eigenvalue weighted by atomic mass is 9.89. The molecule has 16 heteroatoms. The number of carbonyl (C=O) groups excluding carboxylic acids is 3. The average Bonchev–Trinajstić information content (AvgIpc) is 3.93. The first-order valence-corrected chi connectivity index (χ1v) is 22.4. The number of carbonyl (C=O) groups is 3. The SMILES string of the molecule is Cc1cc2cc(n1)-c1c(C)nn(C)c1OC[C@H]1CC[C@H](C1)Cn1c(nc3ccc(N4CCN(C5CCN(c6cc(F)c([C@H]7CCC(=O)NC7=O)c(F)c6)CC5)C[C@@H]4C)cc31)NC2=O. The summed E-state index contributed by atoms with van der Waals surface area (Å²) in [6.07, 6.45) is 5.00. The van der Waals surface area contributed by atoms with Crippen molar-refractivity contribution >= 4 is 46.1 Å². The number of rotatable bonds is 4. The molecule has 5 aromatic rings. The maximum atomic E-state index is 15.4. The van der Waals surface area contributed by atoms with Crippen molar-refractivity contribution in [3.05, 3.63) is 76.6 Å². The van der Waals surface area contributed by atoms with Crippen molar-refractivity contribution in [3.63, 3.8) is 0 Å². The molecule has 4 aliphatic heterocycles. The van der Waals surface area contributed by atoms with Crippen LogP contribution in [0, 0.1) is 37.3 Å². The van der Waals surface area contributed by atoms with Gasteiger partial charge in [-0.1, -0.05) is 0 Å². The Hall–Kier alpha value is -5.90. The number of piperazine rings is 1. The molecule has 0 radical (unpaired) electrons. The molecule has 4 atom stereocenters. The molecule has 1 aliphatic carbocycles. The lowest BCUT2D eigenvalue weighted by Gasteiger charge is -2.46. The largest absolute Gasteiger partial charge is 0.477 e. The molecule has 63 heavy (non-hydrogen) atoms. The van der Waals surface area contributed by atoms with Crippen molar-refractivity contribution in [2.75, 3.05) is 54.4 Å². The number of piperidine rings is 2. The molecule has 0 unspecified atom stereocenters. The second-order valence-corrected chi connectivity index (χ2v) is 18.4. The molecular formula is C47H54F2N10O4. The van der Waals surface area contributed by atoms with Gasteiger partial charge in [-0.25, -0.2) is 18.4 Å². The van der Waals surface area contributed by atoms with Crippen molar-refractivity contribution < 1.29 is 27.9 Å². The third-order valence-corrected chi connectivity index (χ3v) is 14.1. The monoisotopic (exact) mass is 860 g/mol. The number of pyridine rings is 1. The number of imidazole rings is 1. The van der Waals surface area contributed by atoms with E-state index in [0.717, 1.165) is 92.0 Å². The van der Waals surface area contributed by atoms with E-state index in [1.807, 2.05) is 31.9 Å². The highest BCUT2D eigenvalue weighted by molar-refractivity contribution is 6.05. The van der Waals surface area contributed by atoms with E-state index in [0.29, 0.717) is 66.3 Å². The summed E-state index contributed by atoms with van der Waals surface area (Å²) < 4.78 is 41.2. The number of fused-ring (bicyclic) bond motifs is 9. The van der Waals surface area contributed by atoms with Crippen LogP contribution in [0.1, 0.15) is 85.1 Å². The van der Waals surface area contributed by atoms with Gasteiger partial charge in [0.1, 0.15) is 11.6 Å². The van der Waals surface area contributed by atoms with Gasteiger partial charge >= 0.3 is 0 Å². The normalized spacial score (nSPS) is 23.7. The maximum absolute atomic E-state index is 15.4. The van der Waals surface area contributed by atoms with Gasteiger partial charge in [-0.05, 0) is 114 Å². The third-order valence-electron chi connectivity index (χ3n) is 14.1. The van der Waals surface area contributed by atoms with Crippen molar-refractivity contribution in [1.29, 1.82) is 0 Å². The van der Waals surface area contributed by atoms with Crippen LogP contribution in [0.3, 0.4) is 0 Å². The average molecular weight is 861 g/mol. The number of nitrogens with zero attached hydrogens (tertiary/aromatic N) is 8. The van der Waals surface area contributed by atoms with E-state index in [1.165, 1.54) is 12.1 Å². The maximum Gasteiger partial charge on any atom is 0.258 e. The summed E-state index contributed by atoms with van der Waals surface area (Å²) >= 11 is 0. The van der Waals surface area contributed by atoms with Crippen LogP contribution in [0.4, 0.5) is 26.1 Å². The van der Waals surface area contributed by atoms with Crippen LogP contribution >= 0.6 is 0 Å². The first kappa shape index (κ1) is 41.1. The molecule has 2 aromatic carbocycles. The fourth-order valence-electron chi connectivity index (χ4n) is 11.0. The van der Waals surface area contributed by atoms with Crippen molar-refractivity contribution in [2.45, 2.75) is 90.3 Å². The Balaban J connectivity index is 0.844. The number of anilines is 3. The predicted molar refractivity (Wildman–Crippen MR) is 235 cm³/mol. The van der Waals surface area contributed by atoms with Crippen LogP contribution in [0.5, 0.6) is 5.88 Å². The molecular weight excluding hydrogens is 807 g/mol. The fourth-order valence-corrected chi connectivity index (χ4v) is 11.0. The van der Waals surface area contributed by atoms with Crippen LogP contribution in [0.2, 0.25) is 0 Å². The Morgan fingerprint density at radius 1 is 0.825 bits per heavy atom. The Labute approximate surface area is 365 Å². The number of halogens is 2. The molecule has 3 aromatic heterocycles. The Morgan fingerprint density at radius 3 is 2.37 bits per heavy atom. The highest BCUT2D eigenvalue weighted by Crippen LogP contribution is 2.39. The van der Waals surface area contributed by atoms with Gasteiger partial charge in [-0.2, -0.15) is 5.10 Å². The molecule has 2 N–H and O–H groups in total. The minimum atomic E-state index is -1.01. The Kier molecular flexibility index (Phi) is 10.7.